The van der Waals surface area contributed by atoms with Crippen molar-refractivity contribution in [1.29, 1.82) is 0 Å². The normalized spacial score (nSPS) is 11.1. The summed E-state index contributed by atoms with van der Waals surface area (Å²) >= 11 is 0. The second kappa shape index (κ2) is 7.40. The predicted molar refractivity (Wildman–Crippen MR) is 99.6 cm³/mol. The fourth-order valence-corrected chi connectivity index (χ4v) is 3.00. The highest BCUT2D eigenvalue weighted by Gasteiger charge is 2.13. The van der Waals surface area contributed by atoms with Crippen LogP contribution in [0.3, 0.4) is 0 Å². The number of hydrogen-bond donors (Lipinski definition) is 2. The van der Waals surface area contributed by atoms with E-state index in [0.717, 1.165) is 17.5 Å². The van der Waals surface area contributed by atoms with E-state index < -0.39 is 10.0 Å². The highest BCUT2D eigenvalue weighted by molar-refractivity contribution is 7.92. The number of aromatic nitrogens is 2. The Morgan fingerprint density at radius 2 is 1.77 bits per heavy atom. The molecule has 3 rings (SSSR count). The summed E-state index contributed by atoms with van der Waals surface area (Å²) < 4.78 is 26.9. The summed E-state index contributed by atoms with van der Waals surface area (Å²) in [4.78, 5) is 12.4. The summed E-state index contributed by atoms with van der Waals surface area (Å²) in [7, 11) is -3.47. The molecule has 1 heterocycles. The molecule has 0 aliphatic heterocycles. The summed E-state index contributed by atoms with van der Waals surface area (Å²) in [6.45, 7) is 0.277. The van der Waals surface area contributed by atoms with Gasteiger partial charge in [0.2, 0.25) is 10.0 Å². The Morgan fingerprint density at radius 1 is 1.08 bits per heavy atom. The van der Waals surface area contributed by atoms with Gasteiger partial charge < -0.3 is 5.32 Å². The fourth-order valence-electron chi connectivity index (χ4n) is 2.42. The van der Waals surface area contributed by atoms with E-state index in [-0.39, 0.29) is 23.7 Å². The van der Waals surface area contributed by atoms with Crippen LogP contribution in [0.15, 0.2) is 67.0 Å². The molecule has 7 nitrogen and oxygen atoms in total. The maximum atomic E-state index is 12.4. The number of carbonyl (C=O) groups is 1. The van der Waals surface area contributed by atoms with Gasteiger partial charge in [0.1, 0.15) is 0 Å². The molecule has 0 radical (unpaired) electrons. The maximum Gasteiger partial charge on any atom is 0.253 e. The summed E-state index contributed by atoms with van der Waals surface area (Å²) in [5.41, 5.74) is 2.25. The number of hydrogen-bond acceptors (Lipinski definition) is 4. The van der Waals surface area contributed by atoms with Crippen molar-refractivity contribution in [3.63, 3.8) is 0 Å². The Labute approximate surface area is 151 Å². The van der Waals surface area contributed by atoms with Crippen molar-refractivity contribution in [2.24, 2.45) is 0 Å². The lowest BCUT2D eigenvalue weighted by molar-refractivity contribution is 0.0952. The first-order valence-corrected chi connectivity index (χ1v) is 9.75. The Kier molecular flexibility index (Phi) is 5.04. The minimum Gasteiger partial charge on any atom is -0.348 e. The zero-order valence-electron chi connectivity index (χ0n) is 14.1. The third-order valence-electron chi connectivity index (χ3n) is 3.58. The van der Waals surface area contributed by atoms with Crippen LogP contribution in [0.4, 0.5) is 5.69 Å². The molecule has 1 amide bonds. The van der Waals surface area contributed by atoms with Gasteiger partial charge in [-0.3, -0.25) is 9.52 Å². The first kappa shape index (κ1) is 17.7. The molecule has 0 bridgehead atoms. The van der Waals surface area contributed by atoms with Crippen LogP contribution < -0.4 is 10.0 Å². The second-order valence-corrected chi connectivity index (χ2v) is 7.48. The molecule has 1 aromatic heterocycles. The molecule has 0 aliphatic carbocycles. The molecular formula is C18H18N4O3S. The zero-order chi connectivity index (χ0) is 18.6. The van der Waals surface area contributed by atoms with E-state index >= 15 is 0 Å². The molecule has 2 aromatic carbocycles. The lowest BCUT2D eigenvalue weighted by Gasteiger charge is -2.10. The molecule has 0 spiro atoms. The van der Waals surface area contributed by atoms with Gasteiger partial charge in [-0.05, 0) is 24.3 Å². The first-order chi connectivity index (χ1) is 12.4. The average Bonchev–Trinajstić information content (AvgIpc) is 3.08. The minimum atomic E-state index is -3.47. The topological polar surface area (TPSA) is 93.1 Å². The molecule has 26 heavy (non-hydrogen) atoms. The standard InChI is InChI=1S/C18H18N4O3S/c1-26(24,25)21-17-10-6-5-9-16(17)18(23)19-11-14-12-20-22(13-14)15-7-3-2-4-8-15/h2-10,12-13,21H,11H2,1H3,(H,19,23). The summed E-state index contributed by atoms with van der Waals surface area (Å²) in [5.74, 6) is -0.371. The van der Waals surface area contributed by atoms with Crippen molar-refractivity contribution >= 4 is 21.6 Å². The molecule has 2 N–H and O–H groups in total. The fraction of sp³-hybridized carbons (Fsp3) is 0.111. The number of carbonyl (C=O) groups excluding carboxylic acids is 1. The molecule has 0 fully saturated rings. The van der Waals surface area contributed by atoms with Crippen molar-refractivity contribution < 1.29 is 13.2 Å². The van der Waals surface area contributed by atoms with Crippen molar-refractivity contribution in [2.45, 2.75) is 6.54 Å². The molecular weight excluding hydrogens is 352 g/mol. The quantitative estimate of drug-likeness (QED) is 0.695. The van der Waals surface area contributed by atoms with Gasteiger partial charge in [0.05, 0.1) is 29.4 Å². The Bertz CT molecular complexity index is 1010. The zero-order valence-corrected chi connectivity index (χ0v) is 14.9. The molecule has 0 saturated carbocycles. The Balaban J connectivity index is 1.69. The summed E-state index contributed by atoms with van der Waals surface area (Å²) in [6.07, 6.45) is 4.55. The second-order valence-electron chi connectivity index (χ2n) is 5.73. The van der Waals surface area contributed by atoms with E-state index in [1.807, 2.05) is 36.5 Å². The average molecular weight is 370 g/mol. The van der Waals surface area contributed by atoms with Gasteiger partial charge in [-0.25, -0.2) is 13.1 Å². The molecule has 0 unspecified atom stereocenters. The molecule has 3 aromatic rings. The van der Waals surface area contributed by atoms with Gasteiger partial charge in [0.25, 0.3) is 5.91 Å². The van der Waals surface area contributed by atoms with Crippen LogP contribution in [0.25, 0.3) is 5.69 Å². The van der Waals surface area contributed by atoms with E-state index in [1.54, 1.807) is 35.1 Å². The summed E-state index contributed by atoms with van der Waals surface area (Å²) in [5, 5.41) is 7.06. The van der Waals surface area contributed by atoms with Crippen LogP contribution in [-0.4, -0.2) is 30.4 Å². The van der Waals surface area contributed by atoms with Crippen LogP contribution in [0, 0.1) is 0 Å². The van der Waals surface area contributed by atoms with Gasteiger partial charge in [-0.1, -0.05) is 30.3 Å². The van der Waals surface area contributed by atoms with Crippen molar-refractivity contribution in [2.75, 3.05) is 11.0 Å². The van der Waals surface area contributed by atoms with Crippen molar-refractivity contribution in [3.8, 4) is 5.69 Å². The van der Waals surface area contributed by atoms with Crippen LogP contribution in [0.5, 0.6) is 0 Å². The van der Waals surface area contributed by atoms with E-state index in [4.69, 9.17) is 0 Å². The lowest BCUT2D eigenvalue weighted by atomic mass is 10.1. The third kappa shape index (κ3) is 4.48. The highest BCUT2D eigenvalue weighted by Crippen LogP contribution is 2.16. The number of rotatable bonds is 6. The van der Waals surface area contributed by atoms with E-state index in [2.05, 4.69) is 15.1 Å². The minimum absolute atomic E-state index is 0.243. The van der Waals surface area contributed by atoms with E-state index in [9.17, 15) is 13.2 Å². The van der Waals surface area contributed by atoms with Gasteiger partial charge in [0.15, 0.2) is 0 Å². The number of anilines is 1. The number of sulfonamides is 1. The van der Waals surface area contributed by atoms with Gasteiger partial charge in [-0.15, -0.1) is 0 Å². The van der Waals surface area contributed by atoms with Crippen LogP contribution in [0.1, 0.15) is 15.9 Å². The van der Waals surface area contributed by atoms with Gasteiger partial charge in [-0.2, -0.15) is 5.10 Å². The van der Waals surface area contributed by atoms with Crippen molar-refractivity contribution in [1.82, 2.24) is 15.1 Å². The van der Waals surface area contributed by atoms with Crippen molar-refractivity contribution in [3.05, 3.63) is 78.1 Å². The number of para-hydroxylation sites is 2. The van der Waals surface area contributed by atoms with Crippen LogP contribution in [-0.2, 0) is 16.6 Å². The smallest absolute Gasteiger partial charge is 0.253 e. The lowest BCUT2D eigenvalue weighted by Crippen LogP contribution is -2.24. The van der Waals surface area contributed by atoms with E-state index in [1.165, 1.54) is 0 Å². The van der Waals surface area contributed by atoms with Crippen LogP contribution in [0.2, 0.25) is 0 Å². The molecule has 8 heteroatoms. The summed E-state index contributed by atoms with van der Waals surface area (Å²) in [6, 6.07) is 16.1. The van der Waals surface area contributed by atoms with E-state index in [0.29, 0.717) is 0 Å². The predicted octanol–water partition coefficient (Wildman–Crippen LogP) is 2.17. The molecule has 134 valence electrons. The third-order valence-corrected chi connectivity index (χ3v) is 4.17. The van der Waals surface area contributed by atoms with Gasteiger partial charge in [0, 0.05) is 18.3 Å². The largest absolute Gasteiger partial charge is 0.348 e. The maximum absolute atomic E-state index is 12.4. The number of nitrogens with one attached hydrogen (secondary N) is 2. The van der Waals surface area contributed by atoms with Crippen LogP contribution >= 0.6 is 0 Å². The molecule has 0 aliphatic rings. The SMILES string of the molecule is CS(=O)(=O)Nc1ccccc1C(=O)NCc1cnn(-c2ccccc2)c1. The highest BCUT2D eigenvalue weighted by atomic mass is 32.2. The molecule has 0 atom stereocenters. The Morgan fingerprint density at radius 3 is 2.50 bits per heavy atom. The number of amides is 1. The number of nitrogens with zero attached hydrogens (tertiary/aromatic N) is 2. The monoisotopic (exact) mass is 370 g/mol. The van der Waals surface area contributed by atoms with Gasteiger partial charge >= 0.3 is 0 Å². The Hall–Kier alpha value is -3.13. The molecule has 0 saturated heterocycles. The first-order valence-electron chi connectivity index (χ1n) is 7.86. The number of benzene rings is 2.